The van der Waals surface area contributed by atoms with Crippen molar-refractivity contribution < 1.29 is 9.59 Å². The second kappa shape index (κ2) is 6.96. The third-order valence-corrected chi connectivity index (χ3v) is 2.19. The normalized spacial score (nSPS) is 10.1. The average Bonchev–Trinajstić information content (AvgIpc) is 2.28. The molecule has 0 aliphatic rings. The molecule has 0 heterocycles. The third-order valence-electron chi connectivity index (χ3n) is 2.19. The number of anilines is 2. The van der Waals surface area contributed by atoms with Crippen molar-refractivity contribution in [3.63, 3.8) is 0 Å². The summed E-state index contributed by atoms with van der Waals surface area (Å²) < 4.78 is 0. The fourth-order valence-corrected chi connectivity index (χ4v) is 1.16. The lowest BCUT2D eigenvalue weighted by Crippen LogP contribution is -2.45. The Hall–Kier alpha value is -1.79. The first-order valence-corrected chi connectivity index (χ1v) is 5.52. The maximum absolute atomic E-state index is 11.7. The van der Waals surface area contributed by atoms with Gasteiger partial charge in [0.1, 0.15) is 0 Å². The van der Waals surface area contributed by atoms with Crippen LogP contribution in [0.5, 0.6) is 0 Å². The average molecular weight is 287 g/mol. The van der Waals surface area contributed by atoms with Gasteiger partial charge in [-0.2, -0.15) is 0 Å². The molecule has 3 amide bonds. The number of hydrogen-bond acceptors (Lipinski definition) is 3. The number of benzene rings is 1. The van der Waals surface area contributed by atoms with Crippen molar-refractivity contribution in [3.05, 3.63) is 24.3 Å². The number of urea groups is 1. The summed E-state index contributed by atoms with van der Waals surface area (Å²) >= 11 is 0. The molecule has 0 spiro atoms. The Bertz CT molecular complexity index is 457. The highest BCUT2D eigenvalue weighted by atomic mass is 35.5. The highest BCUT2D eigenvalue weighted by Gasteiger charge is 2.21. The van der Waals surface area contributed by atoms with E-state index in [2.05, 4.69) is 16.0 Å². The zero-order valence-electron chi connectivity index (χ0n) is 11.1. The molecule has 19 heavy (non-hydrogen) atoms. The van der Waals surface area contributed by atoms with Crippen LogP contribution in [0, 0.1) is 0 Å². The van der Waals surface area contributed by atoms with E-state index >= 15 is 0 Å². The van der Waals surface area contributed by atoms with Crippen molar-refractivity contribution >= 4 is 35.7 Å². The Balaban J connectivity index is 0.00000324. The zero-order valence-corrected chi connectivity index (χ0v) is 11.9. The smallest absolute Gasteiger partial charge is 0.318 e. The van der Waals surface area contributed by atoms with Gasteiger partial charge < -0.3 is 21.7 Å². The molecule has 0 aliphatic carbocycles. The molecule has 0 bridgehead atoms. The second-order valence-corrected chi connectivity index (χ2v) is 4.46. The van der Waals surface area contributed by atoms with Crippen LogP contribution in [0.25, 0.3) is 0 Å². The monoisotopic (exact) mass is 286 g/mol. The minimum Gasteiger partial charge on any atom is -0.341 e. The predicted molar refractivity (Wildman–Crippen MR) is 78.7 cm³/mol. The van der Waals surface area contributed by atoms with E-state index in [0.717, 1.165) is 0 Å². The molecule has 1 aromatic rings. The van der Waals surface area contributed by atoms with Gasteiger partial charge in [-0.05, 0) is 32.0 Å². The first-order valence-electron chi connectivity index (χ1n) is 5.52. The van der Waals surface area contributed by atoms with Crippen molar-refractivity contribution in [2.75, 3.05) is 17.7 Å². The van der Waals surface area contributed by atoms with Gasteiger partial charge in [-0.3, -0.25) is 4.79 Å². The van der Waals surface area contributed by atoms with Gasteiger partial charge in [-0.25, -0.2) is 4.79 Å². The van der Waals surface area contributed by atoms with Crippen LogP contribution >= 0.6 is 12.4 Å². The van der Waals surface area contributed by atoms with Gasteiger partial charge in [0, 0.05) is 18.4 Å². The molecule has 0 saturated heterocycles. The van der Waals surface area contributed by atoms with Crippen LogP contribution in [-0.2, 0) is 4.79 Å². The van der Waals surface area contributed by atoms with Crippen molar-refractivity contribution in [3.8, 4) is 0 Å². The number of hydrogen-bond donors (Lipinski definition) is 4. The van der Waals surface area contributed by atoms with Crippen LogP contribution in [0.3, 0.4) is 0 Å². The zero-order chi connectivity index (χ0) is 13.8. The summed E-state index contributed by atoms with van der Waals surface area (Å²) in [6.45, 7) is 3.24. The molecule has 0 aliphatic heterocycles. The molecule has 7 heteroatoms. The van der Waals surface area contributed by atoms with E-state index in [4.69, 9.17) is 5.73 Å². The van der Waals surface area contributed by atoms with E-state index in [1.807, 2.05) is 0 Å². The fraction of sp³-hybridized carbons (Fsp3) is 0.333. The summed E-state index contributed by atoms with van der Waals surface area (Å²) in [6, 6.07) is 6.50. The van der Waals surface area contributed by atoms with E-state index in [1.165, 1.54) is 7.05 Å². The standard InChI is InChI=1S/C12H18N4O2.ClH/c1-12(2,13)10(17)15-8-5-4-6-9(7-8)16-11(18)14-3;/h4-7H,13H2,1-3H3,(H,15,17)(H2,14,16,18);1H. The molecule has 0 aromatic heterocycles. The molecule has 0 atom stereocenters. The Kier molecular flexibility index (Phi) is 6.31. The number of amides is 3. The minimum atomic E-state index is -0.954. The van der Waals surface area contributed by atoms with Gasteiger partial charge in [-0.15, -0.1) is 12.4 Å². The Labute approximate surface area is 118 Å². The van der Waals surface area contributed by atoms with Gasteiger partial charge in [0.2, 0.25) is 5.91 Å². The van der Waals surface area contributed by atoms with Gasteiger partial charge in [0.25, 0.3) is 0 Å². The summed E-state index contributed by atoms with van der Waals surface area (Å²) in [6.07, 6.45) is 0. The molecule has 0 saturated carbocycles. The van der Waals surface area contributed by atoms with Gasteiger partial charge in [0.05, 0.1) is 5.54 Å². The SMILES string of the molecule is CNC(=O)Nc1cccc(NC(=O)C(C)(C)N)c1.Cl. The number of carbonyl (C=O) groups excluding carboxylic acids is 2. The molecule has 106 valence electrons. The van der Waals surface area contributed by atoms with Gasteiger partial charge >= 0.3 is 6.03 Å². The maximum atomic E-state index is 11.7. The number of nitrogens with two attached hydrogens (primary N) is 1. The summed E-state index contributed by atoms with van der Waals surface area (Å²) in [5.74, 6) is -0.292. The first kappa shape index (κ1) is 17.2. The highest BCUT2D eigenvalue weighted by molar-refractivity contribution is 5.98. The molecule has 6 nitrogen and oxygen atoms in total. The van der Waals surface area contributed by atoms with Gasteiger partial charge in [-0.1, -0.05) is 6.07 Å². The predicted octanol–water partition coefficient (Wildman–Crippen LogP) is 1.54. The Morgan fingerprint density at radius 2 is 1.68 bits per heavy atom. The molecule has 0 fully saturated rings. The van der Waals surface area contributed by atoms with Crippen LogP contribution in [0.2, 0.25) is 0 Å². The quantitative estimate of drug-likeness (QED) is 0.678. The summed E-state index contributed by atoms with van der Waals surface area (Å²) in [7, 11) is 1.53. The number of carbonyl (C=O) groups is 2. The molecule has 0 radical (unpaired) electrons. The van der Waals surface area contributed by atoms with Crippen LogP contribution < -0.4 is 21.7 Å². The number of nitrogens with one attached hydrogen (secondary N) is 3. The maximum Gasteiger partial charge on any atom is 0.318 e. The second-order valence-electron chi connectivity index (χ2n) is 4.46. The number of halogens is 1. The fourth-order valence-electron chi connectivity index (χ4n) is 1.16. The largest absolute Gasteiger partial charge is 0.341 e. The lowest BCUT2D eigenvalue weighted by molar-refractivity contribution is -0.120. The van der Waals surface area contributed by atoms with Crippen LogP contribution in [0.4, 0.5) is 16.2 Å². The molecule has 1 aromatic carbocycles. The number of rotatable bonds is 3. The van der Waals surface area contributed by atoms with E-state index in [1.54, 1.807) is 38.1 Å². The molecular weight excluding hydrogens is 268 g/mol. The van der Waals surface area contributed by atoms with Crippen LogP contribution in [0.15, 0.2) is 24.3 Å². The van der Waals surface area contributed by atoms with E-state index in [-0.39, 0.29) is 24.3 Å². The lowest BCUT2D eigenvalue weighted by atomic mass is 10.1. The van der Waals surface area contributed by atoms with Crippen LogP contribution in [-0.4, -0.2) is 24.5 Å². The van der Waals surface area contributed by atoms with E-state index in [9.17, 15) is 9.59 Å². The first-order chi connectivity index (χ1) is 8.32. The van der Waals surface area contributed by atoms with Crippen molar-refractivity contribution in [1.29, 1.82) is 0 Å². The minimum absolute atomic E-state index is 0. The van der Waals surface area contributed by atoms with Gasteiger partial charge in [0.15, 0.2) is 0 Å². The van der Waals surface area contributed by atoms with Crippen molar-refractivity contribution in [2.45, 2.75) is 19.4 Å². The molecule has 5 N–H and O–H groups in total. The van der Waals surface area contributed by atoms with Crippen molar-refractivity contribution in [2.24, 2.45) is 5.73 Å². The Morgan fingerprint density at radius 1 is 1.16 bits per heavy atom. The molecule has 0 unspecified atom stereocenters. The highest BCUT2D eigenvalue weighted by Crippen LogP contribution is 2.16. The van der Waals surface area contributed by atoms with E-state index in [0.29, 0.717) is 11.4 Å². The Morgan fingerprint density at radius 3 is 2.16 bits per heavy atom. The summed E-state index contributed by atoms with van der Waals surface area (Å²) in [4.78, 5) is 22.8. The topological polar surface area (TPSA) is 96.2 Å². The third kappa shape index (κ3) is 5.58. The summed E-state index contributed by atoms with van der Waals surface area (Å²) in [5.41, 5.74) is 5.88. The molecule has 1 rings (SSSR count). The van der Waals surface area contributed by atoms with Crippen LogP contribution in [0.1, 0.15) is 13.8 Å². The lowest BCUT2D eigenvalue weighted by Gasteiger charge is -2.18. The summed E-state index contributed by atoms with van der Waals surface area (Å²) in [5, 5.41) is 7.73. The van der Waals surface area contributed by atoms with E-state index < -0.39 is 5.54 Å². The van der Waals surface area contributed by atoms with Crippen molar-refractivity contribution in [1.82, 2.24) is 5.32 Å². The molecular formula is C12H19ClN4O2.